The molecule has 0 radical (unpaired) electrons. The van der Waals surface area contributed by atoms with E-state index < -0.39 is 5.97 Å². The number of nitrogens with zero attached hydrogens (tertiary/aromatic N) is 3. The largest absolute Gasteiger partial charge is 0.462 e. The second-order valence-electron chi connectivity index (χ2n) is 7.97. The predicted molar refractivity (Wildman–Crippen MR) is 136 cm³/mol. The number of para-hydroxylation sites is 1. The number of aryl methyl sites for hydroxylation is 1. The van der Waals surface area contributed by atoms with Gasteiger partial charge in [-0.25, -0.2) is 14.5 Å². The first-order chi connectivity index (χ1) is 17.0. The first-order valence-electron chi connectivity index (χ1n) is 11.3. The molecule has 0 saturated carbocycles. The normalized spacial score (nSPS) is 12.9. The van der Waals surface area contributed by atoms with E-state index in [2.05, 4.69) is 20.4 Å². The topological polar surface area (TPSA) is 119 Å². The molecule has 0 atom stereocenters. The smallest absolute Gasteiger partial charge is 0.341 e. The zero-order chi connectivity index (χ0) is 24.4. The van der Waals surface area contributed by atoms with Gasteiger partial charge in [0.2, 0.25) is 5.91 Å². The van der Waals surface area contributed by atoms with Crippen LogP contribution in [0.2, 0.25) is 0 Å². The van der Waals surface area contributed by atoms with Gasteiger partial charge in [0.25, 0.3) is 5.56 Å². The van der Waals surface area contributed by atoms with Crippen LogP contribution in [0.3, 0.4) is 0 Å². The van der Waals surface area contributed by atoms with Crippen LogP contribution >= 0.6 is 23.1 Å². The van der Waals surface area contributed by atoms with Crippen LogP contribution in [0.15, 0.2) is 46.5 Å². The Morgan fingerprint density at radius 2 is 2.03 bits per heavy atom. The van der Waals surface area contributed by atoms with Crippen LogP contribution in [0.1, 0.15) is 40.6 Å². The number of esters is 1. The number of hydrogen-bond donors (Lipinski definition) is 2. The van der Waals surface area contributed by atoms with E-state index in [1.165, 1.54) is 17.5 Å². The van der Waals surface area contributed by atoms with Gasteiger partial charge in [0.05, 0.1) is 29.8 Å². The molecule has 3 aromatic heterocycles. The van der Waals surface area contributed by atoms with E-state index in [-0.39, 0.29) is 23.8 Å². The standard InChI is InChI=1S/C24H23N5O4S2/c1-2-33-23(32)19-15-10-6-7-11-17(15)35-22(19)26-18(30)13-34-24-27-20-16(21(31)28-24)12-25-29(20)14-8-4-3-5-9-14/h3-5,8-9,12H,2,6-7,10-11,13H2,1H3,(H,26,30)(H,27,28,31). The fourth-order valence-corrected chi connectivity index (χ4v) is 6.04. The number of amides is 1. The molecule has 0 saturated heterocycles. The minimum absolute atomic E-state index is 0.0127. The lowest BCUT2D eigenvalue weighted by Crippen LogP contribution is -2.18. The van der Waals surface area contributed by atoms with Crippen LogP contribution in [0, 0.1) is 0 Å². The summed E-state index contributed by atoms with van der Waals surface area (Å²) in [7, 11) is 0. The van der Waals surface area contributed by atoms with Gasteiger partial charge in [-0.3, -0.25) is 9.59 Å². The number of hydrogen-bond acceptors (Lipinski definition) is 8. The Morgan fingerprint density at radius 3 is 2.83 bits per heavy atom. The van der Waals surface area contributed by atoms with Gasteiger partial charge in [-0.2, -0.15) is 5.10 Å². The molecular weight excluding hydrogens is 486 g/mol. The molecule has 1 aliphatic carbocycles. The molecule has 11 heteroatoms. The van der Waals surface area contributed by atoms with Crippen LogP contribution in [-0.2, 0) is 22.4 Å². The molecule has 9 nitrogen and oxygen atoms in total. The second kappa shape index (κ2) is 10.0. The number of fused-ring (bicyclic) bond motifs is 2. The van der Waals surface area contributed by atoms with E-state index >= 15 is 0 Å². The summed E-state index contributed by atoms with van der Waals surface area (Å²) in [5.74, 6) is -0.683. The second-order valence-corrected chi connectivity index (χ2v) is 10.0. The lowest BCUT2D eigenvalue weighted by Gasteiger charge is -2.12. The quantitative estimate of drug-likeness (QED) is 0.220. The van der Waals surface area contributed by atoms with Gasteiger partial charge in [-0.15, -0.1) is 11.3 Å². The van der Waals surface area contributed by atoms with Crippen molar-refractivity contribution >= 4 is 51.0 Å². The molecular formula is C24H23N5O4S2. The number of H-pyrrole nitrogens is 1. The molecule has 0 spiro atoms. The summed E-state index contributed by atoms with van der Waals surface area (Å²) >= 11 is 2.56. The van der Waals surface area contributed by atoms with Crippen molar-refractivity contribution in [3.8, 4) is 5.69 Å². The maximum Gasteiger partial charge on any atom is 0.341 e. The van der Waals surface area contributed by atoms with Gasteiger partial charge in [0.1, 0.15) is 10.4 Å². The molecule has 1 aliphatic rings. The fourth-order valence-electron chi connectivity index (χ4n) is 4.09. The number of nitrogens with one attached hydrogen (secondary N) is 2. The molecule has 1 aromatic carbocycles. The number of aromatic nitrogens is 4. The molecule has 1 amide bonds. The van der Waals surface area contributed by atoms with E-state index in [0.717, 1.165) is 53.6 Å². The van der Waals surface area contributed by atoms with Crippen molar-refractivity contribution in [1.82, 2.24) is 19.7 Å². The third kappa shape index (κ3) is 4.73. The zero-order valence-electron chi connectivity index (χ0n) is 19.0. The molecule has 3 heterocycles. The number of thioether (sulfide) groups is 1. The highest BCUT2D eigenvalue weighted by molar-refractivity contribution is 7.99. The summed E-state index contributed by atoms with van der Waals surface area (Å²) in [6.45, 7) is 2.04. The van der Waals surface area contributed by atoms with Gasteiger partial charge in [-0.1, -0.05) is 30.0 Å². The minimum Gasteiger partial charge on any atom is -0.462 e. The molecule has 0 fully saturated rings. The molecule has 0 unspecified atom stereocenters. The first-order valence-corrected chi connectivity index (χ1v) is 13.1. The third-order valence-electron chi connectivity index (χ3n) is 5.66. The zero-order valence-corrected chi connectivity index (χ0v) is 20.6. The van der Waals surface area contributed by atoms with Crippen LogP contribution in [0.4, 0.5) is 5.00 Å². The van der Waals surface area contributed by atoms with Crippen LogP contribution < -0.4 is 10.9 Å². The van der Waals surface area contributed by atoms with Crippen molar-refractivity contribution in [3.63, 3.8) is 0 Å². The highest BCUT2D eigenvalue weighted by Crippen LogP contribution is 2.38. The van der Waals surface area contributed by atoms with Gasteiger partial charge < -0.3 is 15.0 Å². The lowest BCUT2D eigenvalue weighted by atomic mass is 9.95. The Kier molecular flexibility index (Phi) is 6.69. The number of carbonyl (C=O) groups excluding carboxylic acids is 2. The van der Waals surface area contributed by atoms with Crippen molar-refractivity contribution in [2.75, 3.05) is 17.7 Å². The summed E-state index contributed by atoms with van der Waals surface area (Å²) in [6, 6.07) is 9.40. The third-order valence-corrected chi connectivity index (χ3v) is 7.74. The minimum atomic E-state index is -0.402. The molecule has 5 rings (SSSR count). The van der Waals surface area contributed by atoms with Crippen molar-refractivity contribution in [2.45, 2.75) is 37.8 Å². The maximum atomic E-state index is 12.8. The predicted octanol–water partition coefficient (Wildman–Crippen LogP) is 3.96. The summed E-state index contributed by atoms with van der Waals surface area (Å²) in [6.07, 6.45) is 5.27. The van der Waals surface area contributed by atoms with E-state index in [1.54, 1.807) is 11.6 Å². The van der Waals surface area contributed by atoms with Crippen molar-refractivity contribution in [3.05, 3.63) is 62.9 Å². The van der Waals surface area contributed by atoms with E-state index in [9.17, 15) is 14.4 Å². The van der Waals surface area contributed by atoms with E-state index in [0.29, 0.717) is 26.8 Å². The number of anilines is 1. The van der Waals surface area contributed by atoms with Crippen molar-refractivity contribution in [1.29, 1.82) is 0 Å². The Balaban J connectivity index is 1.35. The summed E-state index contributed by atoms with van der Waals surface area (Å²) in [5.41, 5.74) is 2.34. The summed E-state index contributed by atoms with van der Waals surface area (Å²) in [4.78, 5) is 46.4. The highest BCUT2D eigenvalue weighted by Gasteiger charge is 2.27. The van der Waals surface area contributed by atoms with Crippen molar-refractivity contribution in [2.24, 2.45) is 0 Å². The maximum absolute atomic E-state index is 12.8. The van der Waals surface area contributed by atoms with Crippen LogP contribution in [0.5, 0.6) is 0 Å². The van der Waals surface area contributed by atoms with Gasteiger partial charge in [0, 0.05) is 4.88 Å². The molecule has 0 bridgehead atoms. The molecule has 35 heavy (non-hydrogen) atoms. The Bertz CT molecular complexity index is 1460. The highest BCUT2D eigenvalue weighted by atomic mass is 32.2. The molecule has 180 valence electrons. The fraction of sp³-hybridized carbons (Fsp3) is 0.292. The number of rotatable bonds is 7. The van der Waals surface area contributed by atoms with E-state index in [4.69, 9.17) is 4.74 Å². The first kappa shape index (κ1) is 23.3. The Labute approximate surface area is 208 Å². The van der Waals surface area contributed by atoms with E-state index in [1.807, 2.05) is 30.3 Å². The lowest BCUT2D eigenvalue weighted by molar-refractivity contribution is -0.113. The summed E-state index contributed by atoms with van der Waals surface area (Å²) in [5, 5.41) is 8.38. The number of thiophene rings is 1. The number of carbonyl (C=O) groups is 2. The monoisotopic (exact) mass is 509 g/mol. The average molecular weight is 510 g/mol. The van der Waals surface area contributed by atoms with Gasteiger partial charge in [0.15, 0.2) is 10.8 Å². The summed E-state index contributed by atoms with van der Waals surface area (Å²) < 4.78 is 6.84. The van der Waals surface area contributed by atoms with Crippen molar-refractivity contribution < 1.29 is 14.3 Å². The van der Waals surface area contributed by atoms with Gasteiger partial charge >= 0.3 is 5.97 Å². The Hall–Kier alpha value is -3.44. The van der Waals surface area contributed by atoms with Crippen LogP contribution in [0.25, 0.3) is 16.7 Å². The molecule has 2 N–H and O–H groups in total. The average Bonchev–Trinajstić information content (AvgIpc) is 3.45. The molecule has 4 aromatic rings. The SMILES string of the molecule is CCOC(=O)c1c(NC(=O)CSc2nc3c(cnn3-c3ccccc3)c(=O)[nH]2)sc2c1CCCC2. The molecule has 0 aliphatic heterocycles. The number of aromatic amines is 1. The van der Waals surface area contributed by atoms with Crippen LogP contribution in [-0.4, -0.2) is 44.0 Å². The van der Waals surface area contributed by atoms with Gasteiger partial charge in [-0.05, 0) is 50.3 Å². The number of benzene rings is 1. The number of ether oxygens (including phenoxy) is 1. The Morgan fingerprint density at radius 1 is 1.23 bits per heavy atom.